The van der Waals surface area contributed by atoms with E-state index in [9.17, 15) is 4.79 Å². The summed E-state index contributed by atoms with van der Waals surface area (Å²) in [6, 6.07) is 15.3. The first-order valence-electron chi connectivity index (χ1n) is 8.67. The Morgan fingerprint density at radius 3 is 2.77 bits per heavy atom. The first-order chi connectivity index (χ1) is 12.8. The quantitative estimate of drug-likeness (QED) is 0.789. The predicted octanol–water partition coefficient (Wildman–Crippen LogP) is 3.34. The molecule has 0 atom stereocenters. The van der Waals surface area contributed by atoms with Gasteiger partial charge in [0.05, 0.1) is 5.69 Å². The van der Waals surface area contributed by atoms with E-state index in [-0.39, 0.29) is 12.7 Å². The molecule has 1 aromatic heterocycles. The second kappa shape index (κ2) is 5.91. The number of anilines is 1. The lowest BCUT2D eigenvalue weighted by atomic mass is 10.2. The Bertz CT molecular complexity index is 995. The fourth-order valence-corrected chi connectivity index (χ4v) is 3.57. The first kappa shape index (κ1) is 15.0. The van der Waals surface area contributed by atoms with Gasteiger partial charge in [0.1, 0.15) is 0 Å². The van der Waals surface area contributed by atoms with Crippen LogP contribution in [0.15, 0.2) is 48.5 Å². The van der Waals surface area contributed by atoms with E-state index in [4.69, 9.17) is 9.47 Å². The zero-order valence-corrected chi connectivity index (χ0v) is 14.1. The lowest BCUT2D eigenvalue weighted by Crippen LogP contribution is -2.15. The number of fused-ring (bicyclic) bond motifs is 2. The monoisotopic (exact) mass is 347 g/mol. The average molecular weight is 347 g/mol. The molecule has 5 rings (SSSR count). The number of carbonyl (C=O) groups excluding carboxylic acids is 1. The van der Waals surface area contributed by atoms with Crippen LogP contribution in [0.1, 0.15) is 28.2 Å². The van der Waals surface area contributed by atoms with E-state index in [0.717, 1.165) is 36.2 Å². The number of hydrogen-bond donors (Lipinski definition) is 1. The van der Waals surface area contributed by atoms with Crippen LogP contribution in [0.25, 0.3) is 5.69 Å². The number of nitrogens with zero attached hydrogens (tertiary/aromatic N) is 2. The molecule has 1 N–H and O–H groups in total. The van der Waals surface area contributed by atoms with E-state index in [1.165, 1.54) is 0 Å². The number of aromatic nitrogens is 2. The summed E-state index contributed by atoms with van der Waals surface area (Å²) in [4.78, 5) is 12.9. The highest BCUT2D eigenvalue weighted by atomic mass is 16.7. The summed E-state index contributed by atoms with van der Waals surface area (Å²) in [6.07, 6.45) is 2.87. The zero-order valence-electron chi connectivity index (χ0n) is 14.1. The third-order valence-electron chi connectivity index (χ3n) is 4.78. The van der Waals surface area contributed by atoms with Gasteiger partial charge < -0.3 is 14.8 Å². The molecule has 6 heteroatoms. The molecular formula is C20H17N3O3. The van der Waals surface area contributed by atoms with Crippen LogP contribution >= 0.6 is 0 Å². The molecule has 2 heterocycles. The Hall–Kier alpha value is -3.28. The maximum absolute atomic E-state index is 12.9. The Balaban J connectivity index is 1.47. The minimum Gasteiger partial charge on any atom is -0.454 e. The standard InChI is InChI=1S/C20H17N3O3/c24-20(21-13-9-10-17-18(11-13)26-12-25-17)19-15-7-4-8-16(15)23(22-19)14-5-2-1-3-6-14/h1-3,5-6,9-11H,4,7-8,12H2,(H,21,24). The van der Waals surface area contributed by atoms with Gasteiger partial charge in [0.2, 0.25) is 6.79 Å². The van der Waals surface area contributed by atoms with Gasteiger partial charge >= 0.3 is 0 Å². The molecule has 0 unspecified atom stereocenters. The summed E-state index contributed by atoms with van der Waals surface area (Å²) >= 11 is 0. The fourth-order valence-electron chi connectivity index (χ4n) is 3.57. The first-order valence-corrected chi connectivity index (χ1v) is 8.67. The molecule has 1 aliphatic heterocycles. The van der Waals surface area contributed by atoms with Gasteiger partial charge in [0.25, 0.3) is 5.91 Å². The number of carbonyl (C=O) groups is 1. The van der Waals surface area contributed by atoms with Crippen LogP contribution in [0.4, 0.5) is 5.69 Å². The van der Waals surface area contributed by atoms with Gasteiger partial charge in [-0.25, -0.2) is 4.68 Å². The predicted molar refractivity (Wildman–Crippen MR) is 96.1 cm³/mol. The van der Waals surface area contributed by atoms with E-state index in [1.807, 2.05) is 35.0 Å². The van der Waals surface area contributed by atoms with E-state index in [1.54, 1.807) is 18.2 Å². The lowest BCUT2D eigenvalue weighted by molar-refractivity contribution is 0.102. The van der Waals surface area contributed by atoms with Crippen LogP contribution in [0.5, 0.6) is 11.5 Å². The highest BCUT2D eigenvalue weighted by molar-refractivity contribution is 6.04. The SMILES string of the molecule is O=C(Nc1ccc2c(c1)OCO2)c1nn(-c2ccccc2)c2c1CCC2. The van der Waals surface area contributed by atoms with Crippen molar-refractivity contribution in [2.75, 3.05) is 12.1 Å². The second-order valence-electron chi connectivity index (χ2n) is 6.40. The van der Waals surface area contributed by atoms with E-state index >= 15 is 0 Å². The number of hydrogen-bond acceptors (Lipinski definition) is 4. The van der Waals surface area contributed by atoms with Crippen LogP contribution in [0, 0.1) is 0 Å². The van der Waals surface area contributed by atoms with Crippen LogP contribution < -0.4 is 14.8 Å². The normalized spacial score (nSPS) is 14.3. The average Bonchev–Trinajstić information content (AvgIpc) is 3.38. The van der Waals surface area contributed by atoms with Crippen molar-refractivity contribution in [1.82, 2.24) is 9.78 Å². The second-order valence-corrected chi connectivity index (χ2v) is 6.40. The van der Waals surface area contributed by atoms with Gasteiger partial charge in [-0.3, -0.25) is 4.79 Å². The van der Waals surface area contributed by atoms with Crippen molar-refractivity contribution in [1.29, 1.82) is 0 Å². The van der Waals surface area contributed by atoms with Gasteiger partial charge in [0, 0.05) is 23.0 Å². The number of amides is 1. The summed E-state index contributed by atoms with van der Waals surface area (Å²) in [6.45, 7) is 0.210. The van der Waals surface area contributed by atoms with Crippen molar-refractivity contribution in [3.63, 3.8) is 0 Å². The summed E-state index contributed by atoms with van der Waals surface area (Å²) in [5.41, 5.74) is 4.33. The van der Waals surface area contributed by atoms with E-state index in [2.05, 4.69) is 10.4 Å². The number of nitrogens with one attached hydrogen (secondary N) is 1. The molecule has 3 aromatic rings. The van der Waals surface area contributed by atoms with Crippen LogP contribution in [0.3, 0.4) is 0 Å². The molecule has 0 spiro atoms. The molecule has 2 aliphatic rings. The maximum atomic E-state index is 12.9. The van der Waals surface area contributed by atoms with Crippen molar-refractivity contribution in [2.24, 2.45) is 0 Å². The largest absolute Gasteiger partial charge is 0.454 e. The zero-order chi connectivity index (χ0) is 17.5. The highest BCUT2D eigenvalue weighted by Gasteiger charge is 2.27. The van der Waals surface area contributed by atoms with Gasteiger partial charge in [-0.1, -0.05) is 18.2 Å². The van der Waals surface area contributed by atoms with Crippen LogP contribution in [0.2, 0.25) is 0 Å². The minimum absolute atomic E-state index is 0.198. The van der Waals surface area contributed by atoms with Gasteiger partial charge in [-0.2, -0.15) is 5.10 Å². The molecule has 2 aromatic carbocycles. The van der Waals surface area contributed by atoms with Crippen molar-refractivity contribution >= 4 is 11.6 Å². The summed E-state index contributed by atoms with van der Waals surface area (Å²) in [7, 11) is 0. The van der Waals surface area contributed by atoms with Crippen LogP contribution in [-0.4, -0.2) is 22.5 Å². The molecule has 0 saturated heterocycles. The Morgan fingerprint density at radius 1 is 1.04 bits per heavy atom. The molecule has 1 aliphatic carbocycles. The molecule has 130 valence electrons. The third kappa shape index (κ3) is 2.42. The fraction of sp³-hybridized carbons (Fsp3) is 0.200. The minimum atomic E-state index is -0.198. The Kier molecular flexibility index (Phi) is 3.41. The molecule has 6 nitrogen and oxygen atoms in total. The number of para-hydroxylation sites is 1. The molecule has 0 fully saturated rings. The van der Waals surface area contributed by atoms with Crippen molar-refractivity contribution in [3.05, 3.63) is 65.5 Å². The topological polar surface area (TPSA) is 65.4 Å². The maximum Gasteiger partial charge on any atom is 0.276 e. The lowest BCUT2D eigenvalue weighted by Gasteiger charge is -2.06. The number of ether oxygens (including phenoxy) is 2. The third-order valence-corrected chi connectivity index (χ3v) is 4.78. The molecule has 0 bridgehead atoms. The summed E-state index contributed by atoms with van der Waals surface area (Å²) in [5, 5.41) is 7.55. The van der Waals surface area contributed by atoms with Crippen molar-refractivity contribution in [2.45, 2.75) is 19.3 Å². The molecular weight excluding hydrogens is 330 g/mol. The van der Waals surface area contributed by atoms with Crippen LogP contribution in [-0.2, 0) is 12.8 Å². The molecule has 26 heavy (non-hydrogen) atoms. The summed E-state index contributed by atoms with van der Waals surface area (Å²) < 4.78 is 12.6. The molecule has 0 saturated carbocycles. The van der Waals surface area contributed by atoms with Gasteiger partial charge in [-0.05, 0) is 43.5 Å². The highest BCUT2D eigenvalue weighted by Crippen LogP contribution is 2.34. The van der Waals surface area contributed by atoms with E-state index in [0.29, 0.717) is 22.9 Å². The Morgan fingerprint density at radius 2 is 1.88 bits per heavy atom. The van der Waals surface area contributed by atoms with Gasteiger partial charge in [0.15, 0.2) is 17.2 Å². The molecule has 0 radical (unpaired) electrons. The number of benzene rings is 2. The smallest absolute Gasteiger partial charge is 0.276 e. The van der Waals surface area contributed by atoms with Crippen molar-refractivity contribution in [3.8, 4) is 17.2 Å². The van der Waals surface area contributed by atoms with E-state index < -0.39 is 0 Å². The Labute approximate surface area is 150 Å². The van der Waals surface area contributed by atoms with Gasteiger partial charge in [-0.15, -0.1) is 0 Å². The molecule has 1 amide bonds. The number of rotatable bonds is 3. The summed E-state index contributed by atoms with van der Waals surface area (Å²) in [5.74, 6) is 1.14. The van der Waals surface area contributed by atoms with Crippen molar-refractivity contribution < 1.29 is 14.3 Å².